The van der Waals surface area contributed by atoms with Gasteiger partial charge in [-0.1, -0.05) is 36.4 Å². The second-order valence-corrected chi connectivity index (χ2v) is 11.4. The number of anilines is 2. The number of sulfonamides is 2. The Balaban J connectivity index is 1.52. The standard InChI is InChI=1S/C26H18N2O6S2/c29-25-21-13-11-19(35(31,32)27-17-7-3-1-4-8-17)15-23(21)26(30)24-16-20(12-14-22(24)25)36(33,34)28-18-9-5-2-6-10-18/h1-16,27-28H. The summed E-state index contributed by atoms with van der Waals surface area (Å²) in [5, 5.41) is 0. The third-order valence-corrected chi connectivity index (χ3v) is 8.39. The number of nitrogens with one attached hydrogen (secondary N) is 2. The summed E-state index contributed by atoms with van der Waals surface area (Å²) in [6.07, 6.45) is 0. The van der Waals surface area contributed by atoms with Crippen molar-refractivity contribution in [1.82, 2.24) is 0 Å². The molecule has 5 rings (SSSR count). The lowest BCUT2D eigenvalue weighted by Gasteiger charge is -2.19. The van der Waals surface area contributed by atoms with Crippen molar-refractivity contribution in [3.05, 3.63) is 119 Å². The van der Waals surface area contributed by atoms with Crippen molar-refractivity contribution in [1.29, 1.82) is 0 Å². The minimum absolute atomic E-state index is 0.0455. The van der Waals surface area contributed by atoms with Crippen molar-refractivity contribution in [2.75, 3.05) is 9.44 Å². The lowest BCUT2D eigenvalue weighted by Crippen LogP contribution is -2.23. The molecule has 36 heavy (non-hydrogen) atoms. The molecule has 0 fully saturated rings. The summed E-state index contributed by atoms with van der Waals surface area (Å²) in [7, 11) is -8.10. The van der Waals surface area contributed by atoms with E-state index in [1.165, 1.54) is 24.3 Å². The van der Waals surface area contributed by atoms with Crippen LogP contribution < -0.4 is 9.44 Å². The van der Waals surface area contributed by atoms with Gasteiger partial charge in [0.1, 0.15) is 0 Å². The van der Waals surface area contributed by atoms with E-state index in [1.54, 1.807) is 60.7 Å². The summed E-state index contributed by atoms with van der Waals surface area (Å²) >= 11 is 0. The topological polar surface area (TPSA) is 126 Å². The van der Waals surface area contributed by atoms with Crippen molar-refractivity contribution < 1.29 is 26.4 Å². The summed E-state index contributed by atoms with van der Waals surface area (Å²) in [5.74, 6) is -1.15. The summed E-state index contributed by atoms with van der Waals surface area (Å²) < 4.78 is 56.4. The van der Waals surface area contributed by atoms with Crippen molar-refractivity contribution in [2.45, 2.75) is 9.79 Å². The normalized spacial score (nSPS) is 13.0. The van der Waals surface area contributed by atoms with Gasteiger partial charge in [0, 0.05) is 33.6 Å². The fourth-order valence-electron chi connectivity index (χ4n) is 3.88. The Morgan fingerprint density at radius 1 is 0.444 bits per heavy atom. The van der Waals surface area contributed by atoms with E-state index in [1.807, 2.05) is 0 Å². The predicted octanol–water partition coefficient (Wildman–Crippen LogP) is 4.06. The molecule has 0 amide bonds. The summed E-state index contributed by atoms with van der Waals surface area (Å²) in [6.45, 7) is 0. The number of carbonyl (C=O) groups is 2. The van der Waals surface area contributed by atoms with E-state index in [9.17, 15) is 26.4 Å². The maximum absolute atomic E-state index is 13.3. The molecule has 1 aliphatic carbocycles. The Kier molecular flexibility index (Phi) is 5.70. The highest BCUT2D eigenvalue weighted by molar-refractivity contribution is 7.93. The molecule has 0 radical (unpaired) electrons. The molecule has 0 aromatic heterocycles. The molecule has 0 bridgehead atoms. The number of rotatable bonds is 6. The van der Waals surface area contributed by atoms with Gasteiger partial charge in [0.2, 0.25) is 0 Å². The monoisotopic (exact) mass is 518 g/mol. The van der Waals surface area contributed by atoms with Gasteiger partial charge in [-0.05, 0) is 60.7 Å². The highest BCUT2D eigenvalue weighted by Crippen LogP contribution is 2.31. The van der Waals surface area contributed by atoms with Crippen LogP contribution in [0.4, 0.5) is 11.4 Å². The molecule has 10 heteroatoms. The number of hydrogen-bond acceptors (Lipinski definition) is 6. The van der Waals surface area contributed by atoms with Crippen LogP contribution in [0, 0.1) is 0 Å². The van der Waals surface area contributed by atoms with Crippen molar-refractivity contribution in [3.63, 3.8) is 0 Å². The van der Waals surface area contributed by atoms with Gasteiger partial charge in [-0.3, -0.25) is 19.0 Å². The molecular weight excluding hydrogens is 500 g/mol. The van der Waals surface area contributed by atoms with Crippen molar-refractivity contribution >= 4 is 43.0 Å². The van der Waals surface area contributed by atoms with Gasteiger partial charge >= 0.3 is 0 Å². The van der Waals surface area contributed by atoms with Gasteiger partial charge in [-0.15, -0.1) is 0 Å². The molecule has 8 nitrogen and oxygen atoms in total. The molecule has 0 saturated heterocycles. The van der Waals surface area contributed by atoms with Gasteiger partial charge < -0.3 is 0 Å². The number of carbonyl (C=O) groups excluding carboxylic acids is 2. The van der Waals surface area contributed by atoms with Crippen LogP contribution in [-0.4, -0.2) is 28.4 Å². The second-order valence-electron chi connectivity index (χ2n) is 8.02. The van der Waals surface area contributed by atoms with Crippen LogP contribution in [0.2, 0.25) is 0 Å². The Morgan fingerprint density at radius 3 is 1.19 bits per heavy atom. The largest absolute Gasteiger partial charge is 0.289 e. The number of ketones is 2. The number of para-hydroxylation sites is 2. The van der Waals surface area contributed by atoms with E-state index in [2.05, 4.69) is 9.44 Å². The Hall–Kier alpha value is -4.28. The zero-order valence-corrected chi connectivity index (χ0v) is 20.1. The number of benzene rings is 4. The minimum atomic E-state index is -4.05. The predicted molar refractivity (Wildman–Crippen MR) is 134 cm³/mol. The minimum Gasteiger partial charge on any atom is -0.289 e. The average Bonchev–Trinajstić information content (AvgIpc) is 2.87. The van der Waals surface area contributed by atoms with E-state index in [-0.39, 0.29) is 32.0 Å². The van der Waals surface area contributed by atoms with Gasteiger partial charge in [-0.2, -0.15) is 0 Å². The Bertz CT molecular complexity index is 1610. The summed E-state index contributed by atoms with van der Waals surface area (Å²) in [4.78, 5) is 26.0. The van der Waals surface area contributed by atoms with Crippen molar-refractivity contribution in [3.8, 4) is 0 Å². The number of fused-ring (bicyclic) bond motifs is 2. The van der Waals surface area contributed by atoms with Crippen LogP contribution >= 0.6 is 0 Å². The third-order valence-electron chi connectivity index (χ3n) is 5.63. The van der Waals surface area contributed by atoms with E-state index < -0.39 is 31.6 Å². The maximum atomic E-state index is 13.3. The van der Waals surface area contributed by atoms with Crippen LogP contribution in [0.3, 0.4) is 0 Å². The smallest absolute Gasteiger partial charge is 0.261 e. The molecule has 0 spiro atoms. The van der Waals surface area contributed by atoms with Crippen LogP contribution in [-0.2, 0) is 20.0 Å². The SMILES string of the molecule is O=C1c2ccc(S(=O)(=O)Nc3ccccc3)cc2C(=O)c2cc(S(=O)(=O)Nc3ccccc3)ccc21. The first-order valence-electron chi connectivity index (χ1n) is 10.7. The quantitative estimate of drug-likeness (QED) is 0.349. The molecule has 2 N–H and O–H groups in total. The van der Waals surface area contributed by atoms with E-state index in [0.717, 1.165) is 12.1 Å². The first kappa shape index (κ1) is 23.5. The zero-order chi connectivity index (χ0) is 25.5. The first-order chi connectivity index (χ1) is 17.2. The molecule has 4 aromatic rings. The Labute approximate surface area is 207 Å². The lowest BCUT2D eigenvalue weighted by molar-refractivity contribution is 0.0978. The summed E-state index contributed by atoms with van der Waals surface area (Å²) in [6, 6.07) is 23.8. The molecular formula is C26H18N2O6S2. The average molecular weight is 519 g/mol. The summed E-state index contributed by atoms with van der Waals surface area (Å²) in [5.41, 5.74) is 0.531. The maximum Gasteiger partial charge on any atom is 0.261 e. The van der Waals surface area contributed by atoms with Crippen LogP contribution in [0.5, 0.6) is 0 Å². The Morgan fingerprint density at radius 2 is 0.806 bits per heavy atom. The van der Waals surface area contributed by atoms with E-state index in [0.29, 0.717) is 11.4 Å². The van der Waals surface area contributed by atoms with Gasteiger partial charge in [0.25, 0.3) is 20.0 Å². The van der Waals surface area contributed by atoms with Gasteiger partial charge in [0.05, 0.1) is 9.79 Å². The van der Waals surface area contributed by atoms with Gasteiger partial charge in [-0.25, -0.2) is 16.8 Å². The fourth-order valence-corrected chi connectivity index (χ4v) is 6.05. The molecule has 4 aromatic carbocycles. The second kappa shape index (κ2) is 8.74. The van der Waals surface area contributed by atoms with Crippen LogP contribution in [0.25, 0.3) is 0 Å². The molecule has 0 unspecified atom stereocenters. The highest BCUT2D eigenvalue weighted by atomic mass is 32.2. The lowest BCUT2D eigenvalue weighted by atomic mass is 9.84. The fraction of sp³-hybridized carbons (Fsp3) is 0. The first-order valence-corrected chi connectivity index (χ1v) is 13.7. The molecule has 180 valence electrons. The van der Waals surface area contributed by atoms with Crippen LogP contribution in [0.15, 0.2) is 107 Å². The van der Waals surface area contributed by atoms with Crippen LogP contribution in [0.1, 0.15) is 31.8 Å². The number of hydrogen-bond donors (Lipinski definition) is 2. The van der Waals surface area contributed by atoms with Gasteiger partial charge in [0.15, 0.2) is 11.6 Å². The van der Waals surface area contributed by atoms with E-state index in [4.69, 9.17) is 0 Å². The zero-order valence-electron chi connectivity index (χ0n) is 18.5. The highest BCUT2D eigenvalue weighted by Gasteiger charge is 2.32. The molecule has 0 atom stereocenters. The molecule has 1 aliphatic rings. The third kappa shape index (κ3) is 4.28. The molecule has 0 heterocycles. The molecule has 0 aliphatic heterocycles. The molecule has 0 saturated carbocycles. The van der Waals surface area contributed by atoms with E-state index >= 15 is 0 Å². The van der Waals surface area contributed by atoms with Crippen molar-refractivity contribution in [2.24, 2.45) is 0 Å².